The fraction of sp³-hybridized carbons (Fsp3) is 0.250. The van der Waals surface area contributed by atoms with Crippen molar-refractivity contribution in [3.05, 3.63) is 64.6 Å². The SMILES string of the molecule is COc1cccc2c1C([C@@H](C)N(C)C(=O)Nc1ccc(F)c(Cl)c1)=CNC2. The van der Waals surface area contributed by atoms with E-state index in [1.165, 1.54) is 18.2 Å². The summed E-state index contributed by atoms with van der Waals surface area (Å²) < 4.78 is 18.8. The second kappa shape index (κ2) is 7.88. The van der Waals surface area contributed by atoms with Crippen LogP contribution in [0.2, 0.25) is 5.02 Å². The van der Waals surface area contributed by atoms with Gasteiger partial charge in [-0.2, -0.15) is 0 Å². The Morgan fingerprint density at radius 3 is 2.85 bits per heavy atom. The van der Waals surface area contributed by atoms with Crippen molar-refractivity contribution < 1.29 is 13.9 Å². The predicted octanol–water partition coefficient (Wildman–Crippen LogP) is 4.48. The number of ether oxygens (including phenoxy) is 1. The minimum absolute atomic E-state index is 0.0404. The second-order valence-corrected chi connectivity index (χ2v) is 6.73. The van der Waals surface area contributed by atoms with E-state index in [1.54, 1.807) is 19.1 Å². The Hall–Kier alpha value is -2.73. The molecule has 1 aliphatic heterocycles. The topological polar surface area (TPSA) is 53.6 Å². The number of likely N-dealkylation sites (N-methyl/N-ethyl adjacent to an activating group) is 1. The Balaban J connectivity index is 1.81. The molecule has 2 N–H and O–H groups in total. The molecule has 0 aliphatic carbocycles. The smallest absolute Gasteiger partial charge is 0.322 e. The third kappa shape index (κ3) is 3.85. The van der Waals surface area contributed by atoms with Gasteiger partial charge in [0.25, 0.3) is 0 Å². The molecular formula is C20H21ClFN3O2. The molecule has 0 saturated heterocycles. The van der Waals surface area contributed by atoms with Crippen molar-refractivity contribution in [3.63, 3.8) is 0 Å². The highest BCUT2D eigenvalue weighted by molar-refractivity contribution is 6.31. The maximum Gasteiger partial charge on any atom is 0.322 e. The lowest BCUT2D eigenvalue weighted by molar-refractivity contribution is 0.217. The average molecular weight is 390 g/mol. The van der Waals surface area contributed by atoms with Crippen LogP contribution < -0.4 is 15.4 Å². The number of methoxy groups -OCH3 is 1. The molecule has 5 nitrogen and oxygen atoms in total. The van der Waals surface area contributed by atoms with E-state index in [2.05, 4.69) is 10.6 Å². The number of anilines is 1. The van der Waals surface area contributed by atoms with E-state index in [-0.39, 0.29) is 17.1 Å². The third-order valence-corrected chi connectivity index (χ3v) is 4.98. The summed E-state index contributed by atoms with van der Waals surface area (Å²) in [5.41, 5.74) is 3.48. The number of carbonyl (C=O) groups excluding carboxylic acids is 1. The number of benzene rings is 2. The largest absolute Gasteiger partial charge is 0.496 e. The van der Waals surface area contributed by atoms with Gasteiger partial charge >= 0.3 is 6.03 Å². The van der Waals surface area contributed by atoms with E-state index >= 15 is 0 Å². The Labute approximate surface area is 162 Å². The molecule has 1 heterocycles. The minimum atomic E-state index is -0.529. The van der Waals surface area contributed by atoms with Crippen LogP contribution in [0.4, 0.5) is 14.9 Å². The fourth-order valence-electron chi connectivity index (χ4n) is 3.06. The molecule has 1 atom stereocenters. The lowest BCUT2D eigenvalue weighted by atomic mass is 9.92. The van der Waals surface area contributed by atoms with Crippen LogP contribution in [-0.2, 0) is 6.54 Å². The zero-order valence-electron chi connectivity index (χ0n) is 15.3. The van der Waals surface area contributed by atoms with E-state index in [0.29, 0.717) is 12.2 Å². The Morgan fingerprint density at radius 1 is 1.37 bits per heavy atom. The van der Waals surface area contributed by atoms with Gasteiger partial charge in [-0.3, -0.25) is 0 Å². The summed E-state index contributed by atoms with van der Waals surface area (Å²) in [7, 11) is 3.34. The lowest BCUT2D eigenvalue weighted by Crippen LogP contribution is -2.40. The first-order valence-electron chi connectivity index (χ1n) is 8.51. The maximum atomic E-state index is 13.3. The summed E-state index contributed by atoms with van der Waals surface area (Å²) in [6.07, 6.45) is 1.91. The molecule has 0 aromatic heterocycles. The van der Waals surface area contributed by atoms with E-state index in [1.807, 2.05) is 31.3 Å². The standard InChI is InChI=1S/C20H21ClFN3O2/c1-12(15-11-23-10-13-5-4-6-18(27-3)19(13)15)25(2)20(26)24-14-7-8-17(22)16(21)9-14/h4-9,11-12,23H,10H2,1-3H3,(H,24,26)/t12-/m1/s1. The highest BCUT2D eigenvalue weighted by Crippen LogP contribution is 2.35. The zero-order chi connectivity index (χ0) is 19.6. The lowest BCUT2D eigenvalue weighted by Gasteiger charge is -2.31. The molecule has 2 amide bonds. The molecular weight excluding hydrogens is 369 g/mol. The molecule has 7 heteroatoms. The Kier molecular flexibility index (Phi) is 5.56. The van der Waals surface area contributed by atoms with Crippen molar-refractivity contribution in [3.8, 4) is 5.75 Å². The van der Waals surface area contributed by atoms with Crippen molar-refractivity contribution in [2.24, 2.45) is 0 Å². The van der Waals surface area contributed by atoms with Gasteiger partial charge in [-0.1, -0.05) is 23.7 Å². The number of urea groups is 1. The fourth-order valence-corrected chi connectivity index (χ4v) is 3.24. The number of rotatable bonds is 4. The molecule has 3 rings (SSSR count). The van der Waals surface area contributed by atoms with Crippen molar-refractivity contribution in [1.29, 1.82) is 0 Å². The maximum absolute atomic E-state index is 13.3. The zero-order valence-corrected chi connectivity index (χ0v) is 16.1. The second-order valence-electron chi connectivity index (χ2n) is 6.32. The number of carbonyl (C=O) groups is 1. The van der Waals surface area contributed by atoms with Crippen LogP contribution >= 0.6 is 11.6 Å². The Bertz CT molecular complexity index is 901. The van der Waals surface area contributed by atoms with E-state index in [9.17, 15) is 9.18 Å². The van der Waals surface area contributed by atoms with Crippen LogP contribution in [0.1, 0.15) is 18.1 Å². The van der Waals surface area contributed by atoms with Gasteiger partial charge in [-0.05, 0) is 36.8 Å². The van der Waals surface area contributed by atoms with E-state index in [4.69, 9.17) is 16.3 Å². The molecule has 0 bridgehead atoms. The number of fused-ring (bicyclic) bond motifs is 1. The van der Waals surface area contributed by atoms with Crippen LogP contribution in [0.25, 0.3) is 5.57 Å². The molecule has 2 aromatic carbocycles. The molecule has 0 fully saturated rings. The predicted molar refractivity (Wildman–Crippen MR) is 105 cm³/mol. The molecule has 0 spiro atoms. The first-order chi connectivity index (χ1) is 12.9. The summed E-state index contributed by atoms with van der Waals surface area (Å²) in [5.74, 6) is 0.241. The summed E-state index contributed by atoms with van der Waals surface area (Å²) in [6.45, 7) is 2.64. The van der Waals surface area contributed by atoms with Crippen molar-refractivity contribution in [2.75, 3.05) is 19.5 Å². The Morgan fingerprint density at radius 2 is 2.15 bits per heavy atom. The van der Waals surface area contributed by atoms with E-state index in [0.717, 1.165) is 22.4 Å². The number of halogens is 2. The summed E-state index contributed by atoms with van der Waals surface area (Å²) in [6, 6.07) is 9.40. The monoisotopic (exact) mass is 389 g/mol. The molecule has 0 unspecified atom stereocenters. The molecule has 1 aliphatic rings. The molecule has 0 saturated carbocycles. The number of nitrogens with zero attached hydrogens (tertiary/aromatic N) is 1. The highest BCUT2D eigenvalue weighted by Gasteiger charge is 2.26. The van der Waals surface area contributed by atoms with Crippen molar-refractivity contribution in [1.82, 2.24) is 10.2 Å². The quantitative estimate of drug-likeness (QED) is 0.810. The summed E-state index contributed by atoms with van der Waals surface area (Å²) >= 11 is 5.78. The summed E-state index contributed by atoms with van der Waals surface area (Å²) in [4.78, 5) is 14.2. The number of hydrogen-bond donors (Lipinski definition) is 2. The van der Waals surface area contributed by atoms with Gasteiger partial charge < -0.3 is 20.3 Å². The number of amides is 2. The van der Waals surface area contributed by atoms with Gasteiger partial charge in [0.2, 0.25) is 0 Å². The van der Waals surface area contributed by atoms with E-state index < -0.39 is 5.82 Å². The minimum Gasteiger partial charge on any atom is -0.496 e. The van der Waals surface area contributed by atoms with Crippen molar-refractivity contribution in [2.45, 2.75) is 19.5 Å². The van der Waals surface area contributed by atoms with Gasteiger partial charge in [-0.15, -0.1) is 0 Å². The number of nitrogens with one attached hydrogen (secondary N) is 2. The van der Waals surface area contributed by atoms with Crippen LogP contribution in [-0.4, -0.2) is 31.1 Å². The highest BCUT2D eigenvalue weighted by atomic mass is 35.5. The molecule has 0 radical (unpaired) electrons. The van der Waals surface area contributed by atoms with Crippen molar-refractivity contribution >= 4 is 28.9 Å². The van der Waals surface area contributed by atoms with Gasteiger partial charge in [0, 0.05) is 36.6 Å². The van der Waals surface area contributed by atoms with Gasteiger partial charge in [0.1, 0.15) is 11.6 Å². The summed E-state index contributed by atoms with van der Waals surface area (Å²) in [5, 5.41) is 5.94. The van der Waals surface area contributed by atoms with Gasteiger partial charge in [0.15, 0.2) is 0 Å². The third-order valence-electron chi connectivity index (χ3n) is 4.69. The van der Waals surface area contributed by atoms with Crippen LogP contribution in [0.15, 0.2) is 42.6 Å². The normalized spacial score (nSPS) is 13.7. The first kappa shape index (κ1) is 19.0. The van der Waals surface area contributed by atoms with Crippen LogP contribution in [0.5, 0.6) is 5.75 Å². The van der Waals surface area contributed by atoms with Gasteiger partial charge in [-0.25, -0.2) is 9.18 Å². The van der Waals surface area contributed by atoms with Crippen LogP contribution in [0, 0.1) is 5.82 Å². The van der Waals surface area contributed by atoms with Crippen LogP contribution in [0.3, 0.4) is 0 Å². The molecule has 142 valence electrons. The average Bonchev–Trinajstić information content (AvgIpc) is 2.68. The molecule has 27 heavy (non-hydrogen) atoms. The first-order valence-corrected chi connectivity index (χ1v) is 8.88. The van der Waals surface area contributed by atoms with Gasteiger partial charge in [0.05, 0.1) is 18.2 Å². The molecule has 2 aromatic rings. The number of hydrogen-bond acceptors (Lipinski definition) is 3.